The van der Waals surface area contributed by atoms with Gasteiger partial charge >= 0.3 is 12.1 Å². The highest BCUT2D eigenvalue weighted by Gasteiger charge is 2.27. The van der Waals surface area contributed by atoms with Gasteiger partial charge in [0.15, 0.2) is 0 Å². The Balaban J connectivity index is 2.47. The Labute approximate surface area is 116 Å². The summed E-state index contributed by atoms with van der Waals surface area (Å²) >= 11 is 0. The zero-order chi connectivity index (χ0) is 16.0. The molecule has 0 unspecified atom stereocenters. The van der Waals surface area contributed by atoms with Crippen molar-refractivity contribution >= 4 is 11.9 Å². The van der Waals surface area contributed by atoms with E-state index in [1.165, 1.54) is 0 Å². The molecule has 1 aromatic rings. The third-order valence-electron chi connectivity index (χ3n) is 2.26. The van der Waals surface area contributed by atoms with Crippen LogP contribution in [0.3, 0.4) is 0 Å². The van der Waals surface area contributed by atoms with Gasteiger partial charge in [0.2, 0.25) is 0 Å². The zero-order valence-electron chi connectivity index (χ0n) is 10.5. The van der Waals surface area contributed by atoms with Crippen molar-refractivity contribution in [3.05, 3.63) is 35.1 Å². The predicted molar refractivity (Wildman–Crippen MR) is 62.6 cm³/mol. The Morgan fingerprint density at radius 1 is 1.29 bits per heavy atom. The Morgan fingerprint density at radius 2 is 1.95 bits per heavy atom. The molecule has 0 fully saturated rings. The minimum absolute atomic E-state index is 0.241. The third-order valence-corrected chi connectivity index (χ3v) is 2.26. The molecule has 21 heavy (non-hydrogen) atoms. The van der Waals surface area contributed by atoms with Crippen molar-refractivity contribution in [2.75, 3.05) is 19.8 Å². The number of nitrogens with one attached hydrogen (secondary N) is 1. The lowest BCUT2D eigenvalue weighted by molar-refractivity contribution is -0.173. The summed E-state index contributed by atoms with van der Waals surface area (Å²) in [7, 11) is 0. The molecule has 1 amide bonds. The fourth-order valence-corrected chi connectivity index (χ4v) is 1.35. The van der Waals surface area contributed by atoms with E-state index in [-0.39, 0.29) is 18.7 Å². The van der Waals surface area contributed by atoms with Crippen LogP contribution in [0.25, 0.3) is 0 Å². The van der Waals surface area contributed by atoms with E-state index < -0.39 is 36.0 Å². The number of rotatable bonds is 6. The number of carbonyl (C=O) groups excluding carboxylic acids is 1. The highest BCUT2D eigenvalue weighted by atomic mass is 19.4. The lowest BCUT2D eigenvalue weighted by Crippen LogP contribution is -2.29. The number of hydrogen-bond acceptors (Lipinski definition) is 3. The lowest BCUT2D eigenvalue weighted by Gasteiger charge is -2.09. The van der Waals surface area contributed by atoms with Gasteiger partial charge in [0.25, 0.3) is 5.91 Å². The van der Waals surface area contributed by atoms with Crippen LogP contribution in [0, 0.1) is 5.82 Å². The van der Waals surface area contributed by atoms with E-state index in [0.717, 1.165) is 12.1 Å². The van der Waals surface area contributed by atoms with Gasteiger partial charge in [-0.1, -0.05) is 0 Å². The van der Waals surface area contributed by atoms with Gasteiger partial charge in [0, 0.05) is 6.54 Å². The fraction of sp³-hybridized carbons (Fsp3) is 0.333. The number of amides is 1. The Hall–Kier alpha value is -2.16. The molecule has 5 nitrogen and oxygen atoms in total. The molecule has 1 aromatic carbocycles. The first kappa shape index (κ1) is 16.9. The van der Waals surface area contributed by atoms with E-state index in [1.807, 2.05) is 0 Å². The van der Waals surface area contributed by atoms with Gasteiger partial charge in [-0.05, 0) is 18.2 Å². The molecule has 0 heterocycles. The molecule has 9 heteroatoms. The molecule has 0 saturated heterocycles. The highest BCUT2D eigenvalue weighted by molar-refractivity contribution is 5.96. The number of halogens is 4. The van der Waals surface area contributed by atoms with Gasteiger partial charge < -0.3 is 15.2 Å². The first-order valence-electron chi connectivity index (χ1n) is 5.66. The third kappa shape index (κ3) is 5.78. The molecule has 0 saturated carbocycles. The summed E-state index contributed by atoms with van der Waals surface area (Å²) in [5, 5.41) is 10.8. The summed E-state index contributed by atoms with van der Waals surface area (Å²) in [6.45, 7) is -2.07. The number of benzene rings is 1. The summed E-state index contributed by atoms with van der Waals surface area (Å²) < 4.78 is 53.0. The Morgan fingerprint density at radius 3 is 2.48 bits per heavy atom. The van der Waals surface area contributed by atoms with E-state index in [4.69, 9.17) is 5.11 Å². The van der Waals surface area contributed by atoms with Gasteiger partial charge in [-0.3, -0.25) is 4.79 Å². The Bertz CT molecular complexity index is 530. The molecular formula is C12H11F4NO4. The van der Waals surface area contributed by atoms with Crippen molar-refractivity contribution in [3.8, 4) is 0 Å². The van der Waals surface area contributed by atoms with E-state index in [0.29, 0.717) is 6.07 Å². The number of ether oxygens (including phenoxy) is 1. The van der Waals surface area contributed by atoms with Gasteiger partial charge in [-0.25, -0.2) is 9.18 Å². The van der Waals surface area contributed by atoms with Crippen molar-refractivity contribution in [2.24, 2.45) is 0 Å². The van der Waals surface area contributed by atoms with Crippen molar-refractivity contribution in [1.82, 2.24) is 5.32 Å². The standard InChI is InChI=1S/C12H11F4NO4/c13-9-5-7(11(19)20)1-2-8(9)10(18)17-3-4-21-6-12(14,15)16/h1-2,5H,3-4,6H2,(H,17,18)(H,19,20). The molecular weight excluding hydrogens is 298 g/mol. The van der Waals surface area contributed by atoms with Crippen molar-refractivity contribution in [3.63, 3.8) is 0 Å². The predicted octanol–water partition coefficient (Wildman–Crippen LogP) is 1.83. The molecule has 0 atom stereocenters. The van der Waals surface area contributed by atoms with Gasteiger partial charge in [0.1, 0.15) is 12.4 Å². The Kier molecular flexibility index (Phi) is 5.65. The summed E-state index contributed by atoms with van der Waals surface area (Å²) in [5.74, 6) is -3.26. The van der Waals surface area contributed by atoms with Gasteiger partial charge in [-0.2, -0.15) is 13.2 Å². The van der Waals surface area contributed by atoms with Gasteiger partial charge in [-0.15, -0.1) is 0 Å². The smallest absolute Gasteiger partial charge is 0.411 e. The maximum Gasteiger partial charge on any atom is 0.411 e. The average molecular weight is 309 g/mol. The number of hydrogen-bond donors (Lipinski definition) is 2. The first-order chi connectivity index (χ1) is 9.70. The van der Waals surface area contributed by atoms with Crippen LogP contribution in [-0.2, 0) is 4.74 Å². The minimum atomic E-state index is -4.46. The van der Waals surface area contributed by atoms with Crippen molar-refractivity contribution in [2.45, 2.75) is 6.18 Å². The minimum Gasteiger partial charge on any atom is -0.478 e. The van der Waals surface area contributed by atoms with Crippen LogP contribution in [0.1, 0.15) is 20.7 Å². The van der Waals surface area contributed by atoms with Crippen molar-refractivity contribution in [1.29, 1.82) is 0 Å². The van der Waals surface area contributed by atoms with E-state index in [1.54, 1.807) is 0 Å². The highest BCUT2D eigenvalue weighted by Crippen LogP contribution is 2.14. The normalized spacial score (nSPS) is 11.2. The van der Waals surface area contributed by atoms with Crippen LogP contribution in [0.15, 0.2) is 18.2 Å². The second kappa shape index (κ2) is 7.02. The first-order valence-corrected chi connectivity index (χ1v) is 5.66. The van der Waals surface area contributed by atoms with Crippen LogP contribution < -0.4 is 5.32 Å². The second-order valence-corrected chi connectivity index (χ2v) is 3.92. The van der Waals surface area contributed by atoms with Crippen molar-refractivity contribution < 1.29 is 37.0 Å². The molecule has 0 bridgehead atoms. The molecule has 0 aliphatic rings. The van der Waals surface area contributed by atoms with Crippen LogP contribution in [0.5, 0.6) is 0 Å². The quantitative estimate of drug-likeness (QED) is 0.621. The number of carbonyl (C=O) groups is 2. The number of alkyl halides is 3. The van der Waals surface area contributed by atoms with E-state index >= 15 is 0 Å². The van der Waals surface area contributed by atoms with Crippen LogP contribution in [0.4, 0.5) is 17.6 Å². The molecule has 0 aromatic heterocycles. The molecule has 0 aliphatic carbocycles. The summed E-state index contributed by atoms with van der Waals surface area (Å²) in [6.07, 6.45) is -4.46. The maximum absolute atomic E-state index is 13.5. The second-order valence-electron chi connectivity index (χ2n) is 3.92. The number of carboxylic acid groups (broad SMARTS) is 1. The van der Waals surface area contributed by atoms with Crippen LogP contribution in [-0.4, -0.2) is 42.9 Å². The molecule has 2 N–H and O–H groups in total. The molecule has 116 valence electrons. The molecule has 0 radical (unpaired) electrons. The molecule has 0 aliphatic heterocycles. The van der Waals surface area contributed by atoms with E-state index in [9.17, 15) is 27.2 Å². The molecule has 1 rings (SSSR count). The molecule has 0 spiro atoms. The number of carboxylic acids is 1. The zero-order valence-corrected chi connectivity index (χ0v) is 10.5. The summed E-state index contributed by atoms with van der Waals surface area (Å²) in [4.78, 5) is 22.1. The SMILES string of the molecule is O=C(O)c1ccc(C(=O)NCCOCC(F)(F)F)c(F)c1. The van der Waals surface area contributed by atoms with E-state index in [2.05, 4.69) is 10.1 Å². The fourth-order valence-electron chi connectivity index (χ4n) is 1.35. The van der Waals surface area contributed by atoms with Crippen LogP contribution in [0.2, 0.25) is 0 Å². The lowest BCUT2D eigenvalue weighted by atomic mass is 10.1. The maximum atomic E-state index is 13.5. The van der Waals surface area contributed by atoms with Gasteiger partial charge in [0.05, 0.1) is 17.7 Å². The summed E-state index contributed by atoms with van der Waals surface area (Å²) in [6, 6.07) is 2.70. The topological polar surface area (TPSA) is 75.6 Å². The summed E-state index contributed by atoms with van der Waals surface area (Å²) in [5.41, 5.74) is -0.728. The van der Waals surface area contributed by atoms with Crippen LogP contribution >= 0.6 is 0 Å². The average Bonchev–Trinajstić information content (AvgIpc) is 2.36. The number of aromatic carboxylic acids is 1. The largest absolute Gasteiger partial charge is 0.478 e. The monoisotopic (exact) mass is 309 g/mol.